The molecule has 9 nitrogen and oxygen atoms in total. The van der Waals surface area contributed by atoms with Crippen LogP contribution in [-0.4, -0.2) is 34.6 Å². The maximum Gasteiger partial charge on any atom is 0.331 e. The molecular formula is C27H34N4O5. The summed E-state index contributed by atoms with van der Waals surface area (Å²) >= 11 is 0. The molecule has 0 saturated carbocycles. The van der Waals surface area contributed by atoms with Crippen molar-refractivity contribution in [2.45, 2.75) is 52.6 Å². The van der Waals surface area contributed by atoms with Gasteiger partial charge in [-0.2, -0.15) is 0 Å². The van der Waals surface area contributed by atoms with Gasteiger partial charge in [0.05, 0.1) is 23.7 Å². The van der Waals surface area contributed by atoms with Crippen LogP contribution >= 0.6 is 0 Å². The van der Waals surface area contributed by atoms with Crippen LogP contribution in [0, 0.1) is 5.92 Å². The summed E-state index contributed by atoms with van der Waals surface area (Å²) in [6.07, 6.45) is 2.28. The van der Waals surface area contributed by atoms with Crippen molar-refractivity contribution in [3.63, 3.8) is 0 Å². The highest BCUT2D eigenvalue weighted by atomic mass is 16.5. The van der Waals surface area contributed by atoms with Crippen molar-refractivity contribution in [1.82, 2.24) is 14.5 Å². The Balaban J connectivity index is 1.75. The minimum atomic E-state index is -0.560. The lowest BCUT2D eigenvalue weighted by molar-refractivity contribution is -0.121. The maximum atomic E-state index is 13.3. The lowest BCUT2D eigenvalue weighted by atomic mass is 10.1. The van der Waals surface area contributed by atoms with E-state index >= 15 is 0 Å². The van der Waals surface area contributed by atoms with Gasteiger partial charge in [0.15, 0.2) is 0 Å². The quantitative estimate of drug-likeness (QED) is 0.376. The number of rotatable bonds is 12. The number of amides is 2. The van der Waals surface area contributed by atoms with E-state index in [0.29, 0.717) is 54.1 Å². The van der Waals surface area contributed by atoms with Gasteiger partial charge in [0, 0.05) is 19.5 Å². The van der Waals surface area contributed by atoms with Gasteiger partial charge in [-0.1, -0.05) is 38.1 Å². The van der Waals surface area contributed by atoms with Crippen LogP contribution in [0.4, 0.5) is 5.69 Å². The van der Waals surface area contributed by atoms with Crippen molar-refractivity contribution in [2.75, 3.05) is 19.0 Å². The fourth-order valence-corrected chi connectivity index (χ4v) is 3.95. The molecule has 0 radical (unpaired) electrons. The number of ether oxygens (including phenoxy) is 1. The second-order valence-electron chi connectivity index (χ2n) is 9.08. The molecule has 0 spiro atoms. The molecule has 192 valence electrons. The second-order valence-corrected chi connectivity index (χ2v) is 9.08. The summed E-state index contributed by atoms with van der Waals surface area (Å²) in [5, 5.41) is 6.02. The molecule has 2 amide bonds. The van der Waals surface area contributed by atoms with Crippen LogP contribution in [-0.2, 0) is 22.7 Å². The second kappa shape index (κ2) is 12.7. The van der Waals surface area contributed by atoms with E-state index in [0.717, 1.165) is 11.0 Å². The van der Waals surface area contributed by atoms with Crippen LogP contribution in [0.25, 0.3) is 10.9 Å². The number of methoxy groups -OCH3 is 1. The number of benzene rings is 2. The molecule has 3 rings (SSSR count). The van der Waals surface area contributed by atoms with Crippen molar-refractivity contribution in [1.29, 1.82) is 0 Å². The van der Waals surface area contributed by atoms with E-state index in [-0.39, 0.29) is 19.0 Å². The molecule has 9 heteroatoms. The van der Waals surface area contributed by atoms with Crippen molar-refractivity contribution in [3.05, 3.63) is 69.4 Å². The molecule has 0 bridgehead atoms. The first-order valence-electron chi connectivity index (χ1n) is 12.2. The molecule has 0 aliphatic rings. The standard InChI is InChI=1S/C27H34N4O5/c1-19(2)15-16-28-24(32)14-8-9-17-30-26(34)20-10-4-6-12-22(20)31(27(30)35)18-25(33)29-21-11-5-7-13-23(21)36-3/h4-7,10-13,19H,8-9,14-18H2,1-3H3,(H,28,32)(H,29,33). The number of carbonyl (C=O) groups excluding carboxylic acids is 2. The minimum Gasteiger partial charge on any atom is -0.495 e. The fraction of sp³-hybridized carbons (Fsp3) is 0.407. The third-order valence-corrected chi connectivity index (χ3v) is 5.89. The molecule has 36 heavy (non-hydrogen) atoms. The summed E-state index contributed by atoms with van der Waals surface area (Å²) in [6.45, 7) is 4.73. The Morgan fingerprint density at radius 2 is 1.67 bits per heavy atom. The summed E-state index contributed by atoms with van der Waals surface area (Å²) in [5.41, 5.74) is -0.0839. The van der Waals surface area contributed by atoms with Gasteiger partial charge in [-0.3, -0.25) is 23.5 Å². The van der Waals surface area contributed by atoms with E-state index in [9.17, 15) is 19.2 Å². The molecule has 1 aromatic heterocycles. The van der Waals surface area contributed by atoms with Gasteiger partial charge in [0.1, 0.15) is 12.3 Å². The molecule has 2 N–H and O–H groups in total. The van der Waals surface area contributed by atoms with E-state index in [2.05, 4.69) is 24.5 Å². The molecule has 0 aliphatic carbocycles. The summed E-state index contributed by atoms with van der Waals surface area (Å²) in [5.74, 6) is 0.562. The average molecular weight is 495 g/mol. The van der Waals surface area contributed by atoms with Crippen molar-refractivity contribution in [2.24, 2.45) is 5.92 Å². The van der Waals surface area contributed by atoms with Gasteiger partial charge < -0.3 is 15.4 Å². The van der Waals surface area contributed by atoms with Crippen LogP contribution < -0.4 is 26.6 Å². The van der Waals surface area contributed by atoms with Gasteiger partial charge >= 0.3 is 5.69 Å². The maximum absolute atomic E-state index is 13.3. The summed E-state index contributed by atoms with van der Waals surface area (Å²) in [4.78, 5) is 51.2. The molecule has 2 aromatic carbocycles. The highest BCUT2D eigenvalue weighted by Crippen LogP contribution is 2.23. The monoisotopic (exact) mass is 494 g/mol. The predicted octanol–water partition coefficient (Wildman–Crippen LogP) is 3.14. The van der Waals surface area contributed by atoms with Crippen LogP contribution in [0.3, 0.4) is 0 Å². The van der Waals surface area contributed by atoms with Crippen LogP contribution in [0.1, 0.15) is 39.5 Å². The zero-order valence-corrected chi connectivity index (χ0v) is 21.1. The Hall–Kier alpha value is -3.88. The number of hydrogen-bond acceptors (Lipinski definition) is 5. The third-order valence-electron chi connectivity index (χ3n) is 5.89. The lowest BCUT2D eigenvalue weighted by Crippen LogP contribution is -2.41. The Bertz CT molecular complexity index is 1330. The molecular weight excluding hydrogens is 460 g/mol. The van der Waals surface area contributed by atoms with Crippen LogP contribution in [0.15, 0.2) is 58.1 Å². The largest absolute Gasteiger partial charge is 0.495 e. The topological polar surface area (TPSA) is 111 Å². The first-order valence-corrected chi connectivity index (χ1v) is 12.2. The van der Waals surface area contributed by atoms with E-state index in [1.807, 2.05) is 0 Å². The Morgan fingerprint density at radius 3 is 2.42 bits per heavy atom. The molecule has 0 unspecified atom stereocenters. The highest BCUT2D eigenvalue weighted by molar-refractivity contribution is 5.93. The number of carbonyl (C=O) groups is 2. The van der Waals surface area contributed by atoms with Crippen molar-refractivity contribution in [3.8, 4) is 5.75 Å². The fourth-order valence-electron chi connectivity index (χ4n) is 3.95. The Kier molecular flexibility index (Phi) is 9.44. The van der Waals surface area contributed by atoms with Gasteiger partial charge in [-0.15, -0.1) is 0 Å². The smallest absolute Gasteiger partial charge is 0.331 e. The number of anilines is 1. The molecule has 1 heterocycles. The summed E-state index contributed by atoms with van der Waals surface area (Å²) in [7, 11) is 1.51. The van der Waals surface area contributed by atoms with Gasteiger partial charge in [-0.25, -0.2) is 4.79 Å². The summed E-state index contributed by atoms with van der Waals surface area (Å²) < 4.78 is 7.73. The zero-order valence-electron chi connectivity index (χ0n) is 21.1. The average Bonchev–Trinajstić information content (AvgIpc) is 2.86. The van der Waals surface area contributed by atoms with Crippen molar-refractivity contribution >= 4 is 28.4 Å². The van der Waals surface area contributed by atoms with Crippen molar-refractivity contribution < 1.29 is 14.3 Å². The van der Waals surface area contributed by atoms with Crippen LogP contribution in [0.2, 0.25) is 0 Å². The normalized spacial score (nSPS) is 11.0. The number of para-hydroxylation sites is 3. The molecule has 0 atom stereocenters. The van der Waals surface area contributed by atoms with E-state index in [1.54, 1.807) is 48.5 Å². The Morgan fingerprint density at radius 1 is 0.944 bits per heavy atom. The number of nitrogens with one attached hydrogen (secondary N) is 2. The number of nitrogens with zero attached hydrogens (tertiary/aromatic N) is 2. The first kappa shape index (κ1) is 26.7. The van der Waals surface area contributed by atoms with E-state index in [1.165, 1.54) is 11.7 Å². The number of unbranched alkanes of at least 4 members (excludes halogenated alkanes) is 1. The van der Waals surface area contributed by atoms with Gasteiger partial charge in [0.2, 0.25) is 11.8 Å². The first-order chi connectivity index (χ1) is 17.3. The number of hydrogen-bond donors (Lipinski definition) is 2. The highest BCUT2D eigenvalue weighted by Gasteiger charge is 2.16. The molecule has 0 saturated heterocycles. The van der Waals surface area contributed by atoms with Crippen LogP contribution in [0.5, 0.6) is 5.75 Å². The number of fused-ring (bicyclic) bond motifs is 1. The lowest BCUT2D eigenvalue weighted by Gasteiger charge is -2.15. The van der Waals surface area contributed by atoms with E-state index in [4.69, 9.17) is 4.74 Å². The SMILES string of the molecule is COc1ccccc1NC(=O)Cn1c(=O)n(CCCCC(=O)NCCC(C)C)c(=O)c2ccccc21. The predicted molar refractivity (Wildman–Crippen MR) is 140 cm³/mol. The number of aromatic nitrogens is 2. The van der Waals surface area contributed by atoms with Gasteiger partial charge in [-0.05, 0) is 49.4 Å². The summed E-state index contributed by atoms with van der Waals surface area (Å²) in [6, 6.07) is 13.7. The van der Waals surface area contributed by atoms with E-state index < -0.39 is 17.2 Å². The third kappa shape index (κ3) is 6.84. The minimum absolute atomic E-state index is 0.0352. The van der Waals surface area contributed by atoms with Gasteiger partial charge in [0.25, 0.3) is 5.56 Å². The molecule has 0 fully saturated rings. The molecule has 3 aromatic rings. The Labute approximate surface area is 210 Å². The molecule has 0 aliphatic heterocycles. The zero-order chi connectivity index (χ0) is 26.1.